The van der Waals surface area contributed by atoms with Gasteiger partial charge in [-0.05, 0) is 30.7 Å². The summed E-state index contributed by atoms with van der Waals surface area (Å²) in [4.78, 5) is 10.8. The lowest BCUT2D eigenvalue weighted by molar-refractivity contribution is -0.116. The van der Waals surface area contributed by atoms with Gasteiger partial charge in [-0.1, -0.05) is 0 Å². The van der Waals surface area contributed by atoms with Crippen molar-refractivity contribution in [1.82, 2.24) is 0 Å². The molecule has 0 atom stereocenters. The molecule has 0 aliphatic rings. The normalized spacial score (nSPS) is 9.77. The van der Waals surface area contributed by atoms with Gasteiger partial charge in [0.1, 0.15) is 17.3 Å². The molecule has 1 aromatic rings. The SMILES string of the molecule is COc1ccc(F)c(CC(C)=O)c1. The Kier molecular flexibility index (Phi) is 3.01. The third-order valence-electron chi connectivity index (χ3n) is 1.69. The Balaban J connectivity index is 2.96. The van der Waals surface area contributed by atoms with Gasteiger partial charge in [0.25, 0.3) is 0 Å². The predicted molar refractivity (Wildman–Crippen MR) is 47.3 cm³/mol. The molecule has 1 aromatic carbocycles. The lowest BCUT2D eigenvalue weighted by Gasteiger charge is -2.03. The molecule has 0 N–H and O–H groups in total. The van der Waals surface area contributed by atoms with Gasteiger partial charge in [-0.3, -0.25) is 4.79 Å². The molecule has 0 aliphatic heterocycles. The van der Waals surface area contributed by atoms with Crippen LogP contribution in [0.4, 0.5) is 4.39 Å². The van der Waals surface area contributed by atoms with Crippen molar-refractivity contribution in [2.24, 2.45) is 0 Å². The standard InChI is InChI=1S/C10H11FO2/c1-7(12)5-8-6-9(13-2)3-4-10(8)11/h3-4,6H,5H2,1-2H3. The van der Waals surface area contributed by atoms with Gasteiger partial charge in [0.05, 0.1) is 7.11 Å². The second-order valence-corrected chi connectivity index (χ2v) is 2.84. The number of ether oxygens (including phenoxy) is 1. The highest BCUT2D eigenvalue weighted by Crippen LogP contribution is 2.16. The first kappa shape index (κ1) is 9.71. The average Bonchev–Trinajstić information content (AvgIpc) is 2.08. The van der Waals surface area contributed by atoms with E-state index in [-0.39, 0.29) is 18.0 Å². The third-order valence-corrected chi connectivity index (χ3v) is 1.69. The molecule has 0 unspecified atom stereocenters. The van der Waals surface area contributed by atoms with E-state index in [0.29, 0.717) is 11.3 Å². The maximum atomic E-state index is 13.1. The molecule has 0 fully saturated rings. The van der Waals surface area contributed by atoms with E-state index < -0.39 is 0 Å². The molecule has 0 radical (unpaired) electrons. The fraction of sp³-hybridized carbons (Fsp3) is 0.300. The largest absolute Gasteiger partial charge is 0.497 e. The molecule has 0 heterocycles. The van der Waals surface area contributed by atoms with Gasteiger partial charge in [-0.2, -0.15) is 0 Å². The van der Waals surface area contributed by atoms with Gasteiger partial charge >= 0.3 is 0 Å². The Bertz CT molecular complexity index is 321. The highest BCUT2D eigenvalue weighted by atomic mass is 19.1. The molecule has 0 saturated heterocycles. The minimum Gasteiger partial charge on any atom is -0.497 e. The molecule has 13 heavy (non-hydrogen) atoms. The molecular formula is C10H11FO2. The zero-order valence-electron chi connectivity index (χ0n) is 7.63. The Hall–Kier alpha value is -1.38. The van der Waals surface area contributed by atoms with E-state index in [9.17, 15) is 9.18 Å². The van der Waals surface area contributed by atoms with E-state index >= 15 is 0 Å². The van der Waals surface area contributed by atoms with Gasteiger partial charge in [0.15, 0.2) is 0 Å². The van der Waals surface area contributed by atoms with Crippen molar-refractivity contribution in [2.45, 2.75) is 13.3 Å². The Morgan fingerprint density at radius 3 is 2.77 bits per heavy atom. The average molecular weight is 182 g/mol. The molecular weight excluding hydrogens is 171 g/mol. The molecule has 1 rings (SSSR count). The van der Waals surface area contributed by atoms with Gasteiger partial charge in [-0.15, -0.1) is 0 Å². The maximum absolute atomic E-state index is 13.1. The summed E-state index contributed by atoms with van der Waals surface area (Å²) in [5.74, 6) is 0.140. The number of carbonyl (C=O) groups excluding carboxylic acids is 1. The van der Waals surface area contributed by atoms with Gasteiger partial charge in [0.2, 0.25) is 0 Å². The summed E-state index contributed by atoms with van der Waals surface area (Å²) < 4.78 is 18.0. The zero-order valence-corrected chi connectivity index (χ0v) is 7.63. The van der Waals surface area contributed by atoms with E-state index in [1.807, 2.05) is 0 Å². The monoisotopic (exact) mass is 182 g/mol. The van der Waals surface area contributed by atoms with E-state index in [0.717, 1.165) is 0 Å². The lowest BCUT2D eigenvalue weighted by atomic mass is 10.1. The number of hydrogen-bond acceptors (Lipinski definition) is 2. The minimum atomic E-state index is -0.365. The maximum Gasteiger partial charge on any atom is 0.134 e. The number of hydrogen-bond donors (Lipinski definition) is 0. The highest BCUT2D eigenvalue weighted by molar-refractivity contribution is 5.78. The van der Waals surface area contributed by atoms with Crippen LogP contribution >= 0.6 is 0 Å². The zero-order chi connectivity index (χ0) is 9.84. The van der Waals surface area contributed by atoms with Gasteiger partial charge in [0, 0.05) is 6.42 Å². The van der Waals surface area contributed by atoms with Gasteiger partial charge in [-0.25, -0.2) is 4.39 Å². The molecule has 0 bridgehead atoms. The summed E-state index contributed by atoms with van der Waals surface area (Å²) in [5, 5.41) is 0. The topological polar surface area (TPSA) is 26.3 Å². The number of ketones is 1. The number of methoxy groups -OCH3 is 1. The van der Waals surface area contributed by atoms with Gasteiger partial charge < -0.3 is 4.74 Å². The van der Waals surface area contributed by atoms with Crippen LogP contribution in [0.2, 0.25) is 0 Å². The van der Waals surface area contributed by atoms with Crippen LogP contribution in [-0.2, 0) is 11.2 Å². The molecule has 0 aromatic heterocycles. The summed E-state index contributed by atoms with van der Waals surface area (Å²) in [6.07, 6.45) is 0.114. The molecule has 70 valence electrons. The molecule has 0 amide bonds. The molecule has 0 spiro atoms. The molecule has 0 saturated carbocycles. The third kappa shape index (κ3) is 2.54. The predicted octanol–water partition coefficient (Wildman–Crippen LogP) is 1.97. The van der Waals surface area contributed by atoms with Crippen LogP contribution < -0.4 is 4.74 Å². The first-order valence-corrected chi connectivity index (χ1v) is 3.95. The Morgan fingerprint density at radius 1 is 1.54 bits per heavy atom. The van der Waals surface area contributed by atoms with Crippen molar-refractivity contribution in [2.75, 3.05) is 7.11 Å². The smallest absolute Gasteiger partial charge is 0.134 e. The second-order valence-electron chi connectivity index (χ2n) is 2.84. The van der Waals surface area contributed by atoms with E-state index in [2.05, 4.69) is 0 Å². The summed E-state index contributed by atoms with van der Waals surface area (Å²) in [5.41, 5.74) is 0.381. The number of Topliss-reactive ketones (excluding diaryl/α,β-unsaturated/α-hetero) is 1. The lowest BCUT2D eigenvalue weighted by Crippen LogP contribution is -1.99. The van der Waals surface area contributed by atoms with Crippen molar-refractivity contribution < 1.29 is 13.9 Å². The van der Waals surface area contributed by atoms with Crippen LogP contribution in [-0.4, -0.2) is 12.9 Å². The fourth-order valence-electron chi connectivity index (χ4n) is 1.08. The molecule has 0 aliphatic carbocycles. The highest BCUT2D eigenvalue weighted by Gasteiger charge is 2.05. The summed E-state index contributed by atoms with van der Waals surface area (Å²) in [7, 11) is 1.50. The van der Waals surface area contributed by atoms with E-state index in [1.54, 1.807) is 0 Å². The first-order chi connectivity index (χ1) is 6.13. The van der Waals surface area contributed by atoms with Crippen molar-refractivity contribution >= 4 is 5.78 Å². The summed E-state index contributed by atoms with van der Waals surface area (Å²) >= 11 is 0. The van der Waals surface area contributed by atoms with Crippen molar-refractivity contribution in [1.29, 1.82) is 0 Å². The molecule has 2 nitrogen and oxygen atoms in total. The van der Waals surface area contributed by atoms with Crippen LogP contribution in [0.25, 0.3) is 0 Å². The van der Waals surface area contributed by atoms with Crippen LogP contribution in [0.1, 0.15) is 12.5 Å². The Labute approximate surface area is 76.3 Å². The summed E-state index contributed by atoms with van der Waals surface area (Å²) in [6, 6.07) is 4.37. The van der Waals surface area contributed by atoms with E-state index in [4.69, 9.17) is 4.74 Å². The second kappa shape index (κ2) is 4.03. The number of halogens is 1. The number of carbonyl (C=O) groups is 1. The van der Waals surface area contributed by atoms with Crippen molar-refractivity contribution in [3.8, 4) is 5.75 Å². The Morgan fingerprint density at radius 2 is 2.23 bits per heavy atom. The molecule has 3 heteroatoms. The number of rotatable bonds is 3. The van der Waals surface area contributed by atoms with E-state index in [1.165, 1.54) is 32.2 Å². The number of benzene rings is 1. The van der Waals surface area contributed by atoms with Crippen LogP contribution in [0.15, 0.2) is 18.2 Å². The first-order valence-electron chi connectivity index (χ1n) is 3.95. The van der Waals surface area contributed by atoms with Crippen molar-refractivity contribution in [3.63, 3.8) is 0 Å². The minimum absolute atomic E-state index is 0.0628. The van der Waals surface area contributed by atoms with Crippen LogP contribution in [0, 0.1) is 5.82 Å². The summed E-state index contributed by atoms with van der Waals surface area (Å²) in [6.45, 7) is 1.43. The van der Waals surface area contributed by atoms with Crippen molar-refractivity contribution in [3.05, 3.63) is 29.6 Å². The quantitative estimate of drug-likeness (QED) is 0.714. The van der Waals surface area contributed by atoms with Crippen LogP contribution in [0.3, 0.4) is 0 Å². The fourth-order valence-corrected chi connectivity index (χ4v) is 1.08. The van der Waals surface area contributed by atoms with Crippen LogP contribution in [0.5, 0.6) is 5.75 Å².